The standard InChI is InChI=1S/C22H28N2O6/c1-4-14-12-24(19(25)11-15(14)16(13-29-2)20(26)30-3)10-9-22(28)17-7-5-6-8-18(17)23-21(22)27/h5-8,13-15,28H,4,9-12H2,1-3H3,(H,23,27)/b16-13+/t14-,15-,22?/m0/s1. The summed E-state index contributed by atoms with van der Waals surface area (Å²) < 4.78 is 9.90. The van der Waals surface area contributed by atoms with Gasteiger partial charge in [0.25, 0.3) is 5.91 Å². The van der Waals surface area contributed by atoms with E-state index >= 15 is 0 Å². The molecule has 8 heteroatoms. The number of aliphatic hydroxyl groups is 1. The maximum Gasteiger partial charge on any atom is 0.337 e. The third kappa shape index (κ3) is 3.92. The van der Waals surface area contributed by atoms with Crippen LogP contribution in [0.5, 0.6) is 0 Å². The van der Waals surface area contributed by atoms with Crippen LogP contribution in [-0.4, -0.2) is 55.1 Å². The minimum atomic E-state index is -1.66. The molecule has 2 heterocycles. The molecule has 3 rings (SSSR count). The number of para-hydroxylation sites is 1. The zero-order valence-electron chi connectivity index (χ0n) is 17.5. The van der Waals surface area contributed by atoms with E-state index in [0.717, 1.165) is 6.42 Å². The summed E-state index contributed by atoms with van der Waals surface area (Å²) in [5.74, 6) is -1.39. The number of fused-ring (bicyclic) bond motifs is 1. The first kappa shape index (κ1) is 21.8. The van der Waals surface area contributed by atoms with Crippen LogP contribution in [0, 0.1) is 11.8 Å². The number of nitrogens with zero attached hydrogens (tertiary/aromatic N) is 1. The van der Waals surface area contributed by atoms with Crippen LogP contribution in [0.25, 0.3) is 0 Å². The fourth-order valence-corrected chi connectivity index (χ4v) is 4.37. The summed E-state index contributed by atoms with van der Waals surface area (Å²) in [6.07, 6.45) is 2.34. The molecular formula is C22H28N2O6. The molecule has 2 aliphatic rings. The maximum atomic E-state index is 12.8. The summed E-state index contributed by atoms with van der Waals surface area (Å²) in [4.78, 5) is 39.1. The van der Waals surface area contributed by atoms with Crippen LogP contribution in [-0.2, 0) is 29.5 Å². The fourth-order valence-electron chi connectivity index (χ4n) is 4.37. The lowest BCUT2D eigenvalue weighted by molar-refractivity contribution is -0.143. The predicted octanol–water partition coefficient (Wildman–Crippen LogP) is 1.79. The summed E-state index contributed by atoms with van der Waals surface area (Å²) in [5.41, 5.74) is -0.195. The van der Waals surface area contributed by atoms with Gasteiger partial charge in [0.1, 0.15) is 0 Å². The lowest BCUT2D eigenvalue weighted by Crippen LogP contribution is -2.48. The molecule has 0 spiro atoms. The SMILES string of the molecule is CC[C@H]1CN(CCC2(O)C(=O)Nc3ccccc32)C(=O)C[C@@H]1/C(=C\OC)C(=O)OC. The lowest BCUT2D eigenvalue weighted by Gasteiger charge is -2.39. The van der Waals surface area contributed by atoms with Crippen molar-refractivity contribution >= 4 is 23.5 Å². The number of esters is 1. The number of carbonyl (C=O) groups excluding carboxylic acids is 3. The van der Waals surface area contributed by atoms with Gasteiger partial charge in [0, 0.05) is 43.1 Å². The number of hydrogen-bond acceptors (Lipinski definition) is 6. The predicted molar refractivity (Wildman–Crippen MR) is 109 cm³/mol. The van der Waals surface area contributed by atoms with Crippen LogP contribution < -0.4 is 5.32 Å². The molecule has 162 valence electrons. The quantitative estimate of drug-likeness (QED) is 0.399. The summed E-state index contributed by atoms with van der Waals surface area (Å²) in [7, 11) is 2.75. The molecule has 3 atom stereocenters. The Kier molecular flexibility index (Phi) is 6.45. The largest absolute Gasteiger partial charge is 0.504 e. The molecule has 1 saturated heterocycles. The van der Waals surface area contributed by atoms with Crippen molar-refractivity contribution in [1.29, 1.82) is 0 Å². The Morgan fingerprint density at radius 3 is 2.73 bits per heavy atom. The fraction of sp³-hybridized carbons (Fsp3) is 0.500. The van der Waals surface area contributed by atoms with Crippen molar-refractivity contribution in [3.8, 4) is 0 Å². The van der Waals surface area contributed by atoms with Crippen LogP contribution in [0.1, 0.15) is 31.7 Å². The Bertz CT molecular complexity index is 867. The van der Waals surface area contributed by atoms with Crippen LogP contribution in [0.4, 0.5) is 5.69 Å². The Morgan fingerprint density at radius 1 is 1.33 bits per heavy atom. The molecule has 1 aromatic carbocycles. The number of nitrogens with one attached hydrogen (secondary N) is 1. The summed E-state index contributed by atoms with van der Waals surface area (Å²) in [5, 5.41) is 13.7. The van der Waals surface area contributed by atoms with Gasteiger partial charge in [-0.1, -0.05) is 31.5 Å². The van der Waals surface area contributed by atoms with E-state index in [2.05, 4.69) is 5.32 Å². The van der Waals surface area contributed by atoms with Gasteiger partial charge in [-0.3, -0.25) is 9.59 Å². The number of likely N-dealkylation sites (tertiary alicyclic amines) is 1. The van der Waals surface area contributed by atoms with E-state index in [1.165, 1.54) is 20.5 Å². The molecule has 8 nitrogen and oxygen atoms in total. The van der Waals surface area contributed by atoms with Gasteiger partial charge < -0.3 is 24.8 Å². The van der Waals surface area contributed by atoms with Crippen LogP contribution in [0.2, 0.25) is 0 Å². The van der Waals surface area contributed by atoms with Gasteiger partial charge >= 0.3 is 5.97 Å². The monoisotopic (exact) mass is 416 g/mol. The van der Waals surface area contributed by atoms with E-state index in [1.807, 2.05) is 6.92 Å². The summed E-state index contributed by atoms with van der Waals surface area (Å²) >= 11 is 0. The highest BCUT2D eigenvalue weighted by molar-refractivity contribution is 6.04. The number of anilines is 1. The van der Waals surface area contributed by atoms with Crippen molar-refractivity contribution in [1.82, 2.24) is 4.90 Å². The zero-order valence-corrected chi connectivity index (χ0v) is 17.5. The number of ether oxygens (including phenoxy) is 2. The minimum Gasteiger partial charge on any atom is -0.504 e. The molecule has 1 fully saturated rings. The molecule has 2 amide bonds. The molecule has 0 bridgehead atoms. The highest BCUT2D eigenvalue weighted by atomic mass is 16.5. The van der Waals surface area contributed by atoms with Gasteiger partial charge in [-0.25, -0.2) is 4.79 Å². The van der Waals surface area contributed by atoms with Gasteiger partial charge in [-0.15, -0.1) is 0 Å². The molecule has 0 aliphatic carbocycles. The van der Waals surface area contributed by atoms with E-state index < -0.39 is 17.5 Å². The van der Waals surface area contributed by atoms with Crippen LogP contribution >= 0.6 is 0 Å². The van der Waals surface area contributed by atoms with Crippen molar-refractivity contribution in [3.63, 3.8) is 0 Å². The normalized spacial score (nSPS) is 26.3. The second-order valence-corrected chi connectivity index (χ2v) is 7.73. The van der Waals surface area contributed by atoms with Crippen molar-refractivity contribution in [2.75, 3.05) is 32.6 Å². The van der Waals surface area contributed by atoms with Crippen molar-refractivity contribution < 1.29 is 29.0 Å². The topological polar surface area (TPSA) is 105 Å². The first-order valence-electron chi connectivity index (χ1n) is 10.1. The first-order chi connectivity index (χ1) is 14.3. The third-order valence-electron chi connectivity index (χ3n) is 6.10. The second kappa shape index (κ2) is 8.87. The van der Waals surface area contributed by atoms with Crippen LogP contribution in [0.3, 0.4) is 0 Å². The highest BCUT2D eigenvalue weighted by Gasteiger charge is 2.46. The van der Waals surface area contributed by atoms with E-state index in [0.29, 0.717) is 23.4 Å². The van der Waals surface area contributed by atoms with Crippen molar-refractivity contribution in [3.05, 3.63) is 41.7 Å². The molecule has 2 aliphatic heterocycles. The number of amides is 2. The smallest absolute Gasteiger partial charge is 0.337 e. The Balaban J connectivity index is 1.74. The summed E-state index contributed by atoms with van der Waals surface area (Å²) in [6.45, 7) is 2.67. The second-order valence-electron chi connectivity index (χ2n) is 7.73. The molecular weight excluding hydrogens is 388 g/mol. The van der Waals surface area contributed by atoms with Gasteiger partial charge in [-0.2, -0.15) is 0 Å². The first-order valence-corrected chi connectivity index (χ1v) is 10.1. The maximum absolute atomic E-state index is 12.8. The van der Waals surface area contributed by atoms with Gasteiger partial charge in [0.2, 0.25) is 5.91 Å². The number of piperidine rings is 1. The highest BCUT2D eigenvalue weighted by Crippen LogP contribution is 2.39. The van der Waals surface area contributed by atoms with Gasteiger partial charge in [0.05, 0.1) is 26.1 Å². The Labute approximate surface area is 175 Å². The lowest BCUT2D eigenvalue weighted by atomic mass is 9.78. The van der Waals surface area contributed by atoms with Gasteiger partial charge in [0.15, 0.2) is 5.60 Å². The number of rotatable bonds is 7. The van der Waals surface area contributed by atoms with E-state index in [-0.39, 0.29) is 37.1 Å². The Hall–Kier alpha value is -2.87. The number of benzene rings is 1. The molecule has 2 N–H and O–H groups in total. The minimum absolute atomic E-state index is 0.0301. The molecule has 1 aromatic rings. The molecule has 0 saturated carbocycles. The third-order valence-corrected chi connectivity index (χ3v) is 6.10. The molecule has 0 aromatic heterocycles. The number of hydrogen-bond donors (Lipinski definition) is 2. The zero-order chi connectivity index (χ0) is 21.9. The van der Waals surface area contributed by atoms with E-state index in [1.54, 1.807) is 29.2 Å². The molecule has 1 unspecified atom stereocenters. The van der Waals surface area contributed by atoms with E-state index in [9.17, 15) is 19.5 Å². The van der Waals surface area contributed by atoms with E-state index in [4.69, 9.17) is 9.47 Å². The Morgan fingerprint density at radius 2 is 2.07 bits per heavy atom. The van der Waals surface area contributed by atoms with Crippen LogP contribution in [0.15, 0.2) is 36.1 Å². The molecule has 30 heavy (non-hydrogen) atoms. The number of carbonyl (C=O) groups is 3. The van der Waals surface area contributed by atoms with Gasteiger partial charge in [-0.05, 0) is 12.0 Å². The number of methoxy groups -OCH3 is 2. The summed E-state index contributed by atoms with van der Waals surface area (Å²) in [6, 6.07) is 7.02. The molecule has 0 radical (unpaired) electrons. The van der Waals surface area contributed by atoms with Crippen molar-refractivity contribution in [2.45, 2.75) is 31.8 Å². The average molecular weight is 416 g/mol. The van der Waals surface area contributed by atoms with Crippen molar-refractivity contribution in [2.24, 2.45) is 11.8 Å². The average Bonchev–Trinajstić information content (AvgIpc) is 3.01.